The maximum absolute atomic E-state index is 12.7. The summed E-state index contributed by atoms with van der Waals surface area (Å²) < 4.78 is 2.17. The second-order valence-corrected chi connectivity index (χ2v) is 9.33. The van der Waals surface area contributed by atoms with E-state index in [0.29, 0.717) is 6.04 Å². The normalized spacial score (nSPS) is 18.2. The topological polar surface area (TPSA) is 52.9 Å². The van der Waals surface area contributed by atoms with Gasteiger partial charge in [-0.3, -0.25) is 4.90 Å². The van der Waals surface area contributed by atoms with E-state index in [1.807, 2.05) is 47.4 Å². The van der Waals surface area contributed by atoms with Gasteiger partial charge >= 0.3 is 6.03 Å². The Hall–Kier alpha value is -2.57. The van der Waals surface area contributed by atoms with Gasteiger partial charge < -0.3 is 14.6 Å². The molecule has 32 heavy (non-hydrogen) atoms. The van der Waals surface area contributed by atoms with Crippen molar-refractivity contribution >= 4 is 23.3 Å². The number of carbonyl (C=O) groups is 1. The van der Waals surface area contributed by atoms with Gasteiger partial charge in [0, 0.05) is 55.5 Å². The minimum Gasteiger partial charge on any atom is -0.335 e. The first-order valence-electron chi connectivity index (χ1n) is 11.7. The van der Waals surface area contributed by atoms with Crippen LogP contribution in [0.5, 0.6) is 0 Å². The van der Waals surface area contributed by atoms with Crippen molar-refractivity contribution in [3.05, 3.63) is 59.4 Å². The number of imidazole rings is 1. The van der Waals surface area contributed by atoms with Gasteiger partial charge in [-0.1, -0.05) is 49.1 Å². The number of piperazine rings is 1. The Labute approximate surface area is 194 Å². The predicted octanol–water partition coefficient (Wildman–Crippen LogP) is 4.81. The summed E-state index contributed by atoms with van der Waals surface area (Å²) in [6, 6.07) is 14.4. The molecule has 2 aliphatic rings. The highest BCUT2D eigenvalue weighted by molar-refractivity contribution is 6.30. The van der Waals surface area contributed by atoms with E-state index in [4.69, 9.17) is 16.6 Å². The maximum Gasteiger partial charge on any atom is 0.317 e. The lowest BCUT2D eigenvalue weighted by molar-refractivity contribution is 0.131. The number of pyridine rings is 1. The summed E-state index contributed by atoms with van der Waals surface area (Å²) in [5.74, 6) is 0. The Morgan fingerprint density at radius 2 is 1.75 bits per heavy atom. The van der Waals surface area contributed by atoms with Crippen molar-refractivity contribution in [2.24, 2.45) is 0 Å². The average Bonchev–Trinajstić information content (AvgIpc) is 3.19. The smallest absolute Gasteiger partial charge is 0.317 e. The minimum absolute atomic E-state index is 0.105. The molecule has 7 heteroatoms. The van der Waals surface area contributed by atoms with Crippen LogP contribution in [0.1, 0.15) is 37.8 Å². The standard InChI is InChI=1S/C25H30ClN5O/c26-20-11-9-19(10-12-20)24-22(31-13-5-4-8-23(31)28-24)18-29-14-16-30(17-15-29)25(32)27-21-6-2-1-3-7-21/h4-5,8-13,21H,1-3,6-7,14-18H2,(H,27,32). The van der Waals surface area contributed by atoms with E-state index in [-0.39, 0.29) is 6.03 Å². The Bertz CT molecular complexity index is 1070. The number of fused-ring (bicyclic) bond motifs is 1. The molecule has 0 unspecified atom stereocenters. The van der Waals surface area contributed by atoms with Gasteiger partial charge in [0.1, 0.15) is 5.65 Å². The number of benzene rings is 1. The van der Waals surface area contributed by atoms with Crippen molar-refractivity contribution < 1.29 is 4.79 Å². The lowest BCUT2D eigenvalue weighted by Crippen LogP contribution is -2.53. The molecule has 0 spiro atoms. The number of urea groups is 1. The molecule has 1 aliphatic heterocycles. The SMILES string of the molecule is O=C(NC1CCCCC1)N1CCN(Cc2c(-c3ccc(Cl)cc3)nc3ccccn23)CC1. The van der Waals surface area contributed by atoms with Gasteiger partial charge in [0.15, 0.2) is 0 Å². The van der Waals surface area contributed by atoms with Gasteiger partial charge in [-0.05, 0) is 37.1 Å². The number of halogens is 1. The van der Waals surface area contributed by atoms with Crippen molar-refractivity contribution in [3.63, 3.8) is 0 Å². The fourth-order valence-electron chi connectivity index (χ4n) is 4.87. The predicted molar refractivity (Wildman–Crippen MR) is 128 cm³/mol. The molecular weight excluding hydrogens is 422 g/mol. The monoisotopic (exact) mass is 451 g/mol. The van der Waals surface area contributed by atoms with E-state index in [1.54, 1.807) is 0 Å². The zero-order chi connectivity index (χ0) is 21.9. The number of rotatable bonds is 4. The van der Waals surface area contributed by atoms with Crippen molar-refractivity contribution in [1.29, 1.82) is 0 Å². The van der Waals surface area contributed by atoms with Crippen LogP contribution in [0.25, 0.3) is 16.9 Å². The van der Waals surface area contributed by atoms with Crippen molar-refractivity contribution in [2.75, 3.05) is 26.2 Å². The van der Waals surface area contributed by atoms with Gasteiger partial charge in [0.05, 0.1) is 11.4 Å². The zero-order valence-electron chi connectivity index (χ0n) is 18.3. The summed E-state index contributed by atoms with van der Waals surface area (Å²) in [6.07, 6.45) is 8.07. The van der Waals surface area contributed by atoms with Crippen LogP contribution in [-0.2, 0) is 6.54 Å². The zero-order valence-corrected chi connectivity index (χ0v) is 19.1. The molecule has 1 saturated carbocycles. The number of amides is 2. The molecule has 1 aliphatic carbocycles. The highest BCUT2D eigenvalue weighted by atomic mass is 35.5. The summed E-state index contributed by atoms with van der Waals surface area (Å²) in [5.41, 5.74) is 4.17. The number of hydrogen-bond donors (Lipinski definition) is 1. The van der Waals surface area contributed by atoms with E-state index >= 15 is 0 Å². The average molecular weight is 452 g/mol. The molecular formula is C25H30ClN5O. The van der Waals surface area contributed by atoms with E-state index < -0.39 is 0 Å². The quantitative estimate of drug-likeness (QED) is 0.619. The highest BCUT2D eigenvalue weighted by Gasteiger charge is 2.25. The third-order valence-electron chi connectivity index (χ3n) is 6.71. The maximum atomic E-state index is 12.7. The Morgan fingerprint density at radius 1 is 1.00 bits per heavy atom. The highest BCUT2D eigenvalue weighted by Crippen LogP contribution is 2.27. The van der Waals surface area contributed by atoms with Crippen LogP contribution in [0.2, 0.25) is 5.02 Å². The second-order valence-electron chi connectivity index (χ2n) is 8.89. The van der Waals surface area contributed by atoms with Gasteiger partial charge in [0.25, 0.3) is 0 Å². The number of hydrogen-bond acceptors (Lipinski definition) is 3. The molecule has 1 saturated heterocycles. The molecule has 168 valence electrons. The van der Waals surface area contributed by atoms with Crippen LogP contribution < -0.4 is 5.32 Å². The number of nitrogens with zero attached hydrogens (tertiary/aromatic N) is 4. The van der Waals surface area contributed by atoms with Crippen LogP contribution >= 0.6 is 11.6 Å². The van der Waals surface area contributed by atoms with Crippen molar-refractivity contribution in [3.8, 4) is 11.3 Å². The summed E-state index contributed by atoms with van der Waals surface area (Å²) in [5, 5.41) is 3.98. The summed E-state index contributed by atoms with van der Waals surface area (Å²) in [4.78, 5) is 22.0. The number of aromatic nitrogens is 2. The van der Waals surface area contributed by atoms with E-state index in [2.05, 4.69) is 20.8 Å². The lowest BCUT2D eigenvalue weighted by Gasteiger charge is -2.36. The summed E-state index contributed by atoms with van der Waals surface area (Å²) >= 11 is 6.10. The molecule has 6 nitrogen and oxygen atoms in total. The van der Waals surface area contributed by atoms with Crippen molar-refractivity contribution in [1.82, 2.24) is 24.5 Å². The molecule has 3 aromatic rings. The van der Waals surface area contributed by atoms with Gasteiger partial charge in [-0.15, -0.1) is 0 Å². The molecule has 3 heterocycles. The number of carbonyl (C=O) groups excluding carboxylic acids is 1. The second kappa shape index (κ2) is 9.51. The molecule has 0 bridgehead atoms. The van der Waals surface area contributed by atoms with Crippen LogP contribution in [0.3, 0.4) is 0 Å². The van der Waals surface area contributed by atoms with Crippen LogP contribution in [0.4, 0.5) is 4.79 Å². The summed E-state index contributed by atoms with van der Waals surface area (Å²) in [7, 11) is 0. The van der Waals surface area contributed by atoms with Crippen LogP contribution in [0.15, 0.2) is 48.7 Å². The number of nitrogens with one attached hydrogen (secondary N) is 1. The van der Waals surface area contributed by atoms with Crippen LogP contribution in [0, 0.1) is 0 Å². The van der Waals surface area contributed by atoms with Gasteiger partial charge in [-0.25, -0.2) is 9.78 Å². The minimum atomic E-state index is 0.105. The van der Waals surface area contributed by atoms with Gasteiger partial charge in [-0.2, -0.15) is 0 Å². The Morgan fingerprint density at radius 3 is 2.50 bits per heavy atom. The Kier molecular flexibility index (Phi) is 6.32. The van der Waals surface area contributed by atoms with Crippen molar-refractivity contribution in [2.45, 2.75) is 44.7 Å². The molecule has 0 radical (unpaired) electrons. The Balaban J connectivity index is 1.27. The largest absolute Gasteiger partial charge is 0.335 e. The first-order valence-corrected chi connectivity index (χ1v) is 12.0. The molecule has 2 amide bonds. The van der Waals surface area contributed by atoms with Gasteiger partial charge in [0.2, 0.25) is 0 Å². The third kappa shape index (κ3) is 4.62. The molecule has 5 rings (SSSR count). The third-order valence-corrected chi connectivity index (χ3v) is 6.96. The molecule has 1 N–H and O–H groups in total. The first kappa shape index (κ1) is 21.3. The fourth-order valence-corrected chi connectivity index (χ4v) is 5.00. The lowest BCUT2D eigenvalue weighted by atomic mass is 9.96. The fraction of sp³-hybridized carbons (Fsp3) is 0.440. The van der Waals surface area contributed by atoms with E-state index in [9.17, 15) is 4.79 Å². The summed E-state index contributed by atoms with van der Waals surface area (Å²) in [6.45, 7) is 4.02. The van der Waals surface area contributed by atoms with E-state index in [1.165, 1.54) is 25.0 Å². The molecule has 2 aromatic heterocycles. The van der Waals surface area contributed by atoms with E-state index in [0.717, 1.165) is 67.5 Å². The van der Waals surface area contributed by atoms with Crippen LogP contribution in [-0.4, -0.2) is 57.4 Å². The molecule has 0 atom stereocenters. The first-order chi connectivity index (χ1) is 15.7. The molecule has 1 aromatic carbocycles. The molecule has 2 fully saturated rings.